The maximum atomic E-state index is 12.4. The molecule has 0 saturated carbocycles. The number of sulfonamides is 1. The SMILES string of the molecule is Cc1cccc(Cn2ccc(NS(=O)(=O)c3cn(C)nc3C)n2)c1. The first-order valence-corrected chi connectivity index (χ1v) is 8.94. The molecule has 0 aliphatic heterocycles. The summed E-state index contributed by atoms with van der Waals surface area (Å²) < 4.78 is 30.5. The Morgan fingerprint density at radius 1 is 1.17 bits per heavy atom. The molecular formula is C16H19N5O2S. The second kappa shape index (κ2) is 6.12. The Bertz CT molecular complexity index is 972. The number of aromatic nitrogens is 4. The summed E-state index contributed by atoms with van der Waals surface area (Å²) in [5, 5.41) is 8.34. The lowest BCUT2D eigenvalue weighted by Gasteiger charge is -2.05. The van der Waals surface area contributed by atoms with E-state index >= 15 is 0 Å². The van der Waals surface area contributed by atoms with Gasteiger partial charge >= 0.3 is 0 Å². The third kappa shape index (κ3) is 3.48. The predicted octanol–water partition coefficient (Wildman–Crippen LogP) is 2.08. The Kier molecular flexibility index (Phi) is 4.15. The average molecular weight is 345 g/mol. The van der Waals surface area contributed by atoms with Crippen molar-refractivity contribution in [3.63, 3.8) is 0 Å². The molecule has 0 aliphatic carbocycles. The molecule has 0 fully saturated rings. The van der Waals surface area contributed by atoms with Crippen LogP contribution in [-0.2, 0) is 23.6 Å². The molecule has 0 bridgehead atoms. The van der Waals surface area contributed by atoms with Gasteiger partial charge in [0.05, 0.1) is 12.2 Å². The van der Waals surface area contributed by atoms with Crippen LogP contribution in [0.2, 0.25) is 0 Å². The van der Waals surface area contributed by atoms with Crippen molar-refractivity contribution >= 4 is 15.8 Å². The van der Waals surface area contributed by atoms with Crippen molar-refractivity contribution in [3.05, 3.63) is 59.5 Å². The number of anilines is 1. The monoisotopic (exact) mass is 345 g/mol. The lowest BCUT2D eigenvalue weighted by molar-refractivity contribution is 0.600. The quantitative estimate of drug-likeness (QED) is 0.767. The van der Waals surface area contributed by atoms with Gasteiger partial charge in [0.2, 0.25) is 0 Å². The van der Waals surface area contributed by atoms with Gasteiger partial charge in [-0.2, -0.15) is 10.2 Å². The number of rotatable bonds is 5. The third-order valence-corrected chi connectivity index (χ3v) is 5.02. The van der Waals surface area contributed by atoms with E-state index in [4.69, 9.17) is 0 Å². The summed E-state index contributed by atoms with van der Waals surface area (Å²) in [5.74, 6) is 0.283. The summed E-state index contributed by atoms with van der Waals surface area (Å²) in [6, 6.07) is 9.74. The molecule has 0 atom stereocenters. The first-order chi connectivity index (χ1) is 11.3. The molecule has 7 nitrogen and oxygen atoms in total. The molecule has 0 spiro atoms. The smallest absolute Gasteiger partial charge is 0.266 e. The number of hydrogen-bond donors (Lipinski definition) is 1. The van der Waals surface area contributed by atoms with Crippen LogP contribution >= 0.6 is 0 Å². The molecular weight excluding hydrogens is 326 g/mol. The van der Waals surface area contributed by atoms with Gasteiger partial charge in [-0.15, -0.1) is 0 Å². The molecule has 0 amide bonds. The standard InChI is InChI=1S/C16H19N5O2S/c1-12-5-4-6-14(9-12)10-21-8-7-16(18-21)19-24(22,23)15-11-20(3)17-13(15)2/h4-9,11H,10H2,1-3H3,(H,18,19). The average Bonchev–Trinajstić information content (AvgIpc) is 3.05. The van der Waals surface area contributed by atoms with Crippen LogP contribution in [-0.4, -0.2) is 28.0 Å². The molecule has 24 heavy (non-hydrogen) atoms. The lowest BCUT2D eigenvalue weighted by atomic mass is 10.1. The van der Waals surface area contributed by atoms with Crippen LogP contribution < -0.4 is 4.72 Å². The van der Waals surface area contributed by atoms with Crippen LogP contribution in [0, 0.1) is 13.8 Å². The van der Waals surface area contributed by atoms with E-state index in [0.717, 1.165) is 5.56 Å². The summed E-state index contributed by atoms with van der Waals surface area (Å²) in [5.41, 5.74) is 2.73. The number of nitrogens with zero attached hydrogens (tertiary/aromatic N) is 4. The molecule has 0 radical (unpaired) electrons. The van der Waals surface area contributed by atoms with E-state index in [1.807, 2.05) is 25.1 Å². The highest BCUT2D eigenvalue weighted by molar-refractivity contribution is 7.92. The Balaban J connectivity index is 1.77. The maximum Gasteiger partial charge on any atom is 0.266 e. The number of benzene rings is 1. The first-order valence-electron chi connectivity index (χ1n) is 7.45. The van der Waals surface area contributed by atoms with Crippen LogP contribution in [0.15, 0.2) is 47.6 Å². The van der Waals surface area contributed by atoms with Crippen molar-refractivity contribution in [2.75, 3.05) is 4.72 Å². The molecule has 8 heteroatoms. The topological polar surface area (TPSA) is 81.8 Å². The van der Waals surface area contributed by atoms with Gasteiger partial charge in [0.1, 0.15) is 4.90 Å². The highest BCUT2D eigenvalue weighted by Crippen LogP contribution is 2.17. The van der Waals surface area contributed by atoms with E-state index in [2.05, 4.69) is 21.0 Å². The molecule has 126 valence electrons. The van der Waals surface area contributed by atoms with Crippen LogP contribution in [0.25, 0.3) is 0 Å². The van der Waals surface area contributed by atoms with Crippen LogP contribution in [0.5, 0.6) is 0 Å². The minimum Gasteiger partial charge on any atom is -0.274 e. The molecule has 0 unspecified atom stereocenters. The van der Waals surface area contributed by atoms with Gasteiger partial charge in [0, 0.05) is 25.5 Å². The summed E-state index contributed by atoms with van der Waals surface area (Å²) in [6.45, 7) is 4.27. The van der Waals surface area contributed by atoms with Crippen molar-refractivity contribution in [1.29, 1.82) is 0 Å². The van der Waals surface area contributed by atoms with Gasteiger partial charge in [-0.05, 0) is 19.4 Å². The van der Waals surface area contributed by atoms with Crippen molar-refractivity contribution in [3.8, 4) is 0 Å². The largest absolute Gasteiger partial charge is 0.274 e. The fourth-order valence-electron chi connectivity index (χ4n) is 2.54. The van der Waals surface area contributed by atoms with E-state index in [9.17, 15) is 8.42 Å². The van der Waals surface area contributed by atoms with Crippen molar-refractivity contribution in [1.82, 2.24) is 19.6 Å². The van der Waals surface area contributed by atoms with Crippen LogP contribution in [0.1, 0.15) is 16.8 Å². The third-order valence-electron chi connectivity index (χ3n) is 3.56. The summed E-state index contributed by atoms with van der Waals surface area (Å²) >= 11 is 0. The van der Waals surface area contributed by atoms with Crippen LogP contribution in [0.3, 0.4) is 0 Å². The molecule has 1 aromatic carbocycles. The van der Waals surface area contributed by atoms with Gasteiger partial charge in [0.15, 0.2) is 5.82 Å². The number of hydrogen-bond acceptors (Lipinski definition) is 4. The van der Waals surface area contributed by atoms with E-state index in [1.54, 1.807) is 30.9 Å². The summed E-state index contributed by atoms with van der Waals surface area (Å²) in [6.07, 6.45) is 3.22. The Hall–Kier alpha value is -2.61. The van der Waals surface area contributed by atoms with Gasteiger partial charge in [-0.1, -0.05) is 29.8 Å². The molecule has 0 saturated heterocycles. The maximum absolute atomic E-state index is 12.4. The number of nitrogens with one attached hydrogen (secondary N) is 1. The highest BCUT2D eigenvalue weighted by Gasteiger charge is 2.20. The molecule has 1 N–H and O–H groups in total. The molecule has 3 rings (SSSR count). The normalized spacial score (nSPS) is 11.6. The Labute approximate surface area is 141 Å². The lowest BCUT2D eigenvalue weighted by Crippen LogP contribution is -2.14. The Morgan fingerprint density at radius 2 is 1.96 bits per heavy atom. The predicted molar refractivity (Wildman–Crippen MR) is 91.3 cm³/mol. The van der Waals surface area contributed by atoms with Gasteiger partial charge in [0.25, 0.3) is 10.0 Å². The van der Waals surface area contributed by atoms with Crippen molar-refractivity contribution in [2.24, 2.45) is 7.05 Å². The second-order valence-corrected chi connectivity index (χ2v) is 7.40. The fraction of sp³-hybridized carbons (Fsp3) is 0.250. The zero-order valence-corrected chi connectivity index (χ0v) is 14.6. The van der Waals surface area contributed by atoms with E-state index < -0.39 is 10.0 Å². The van der Waals surface area contributed by atoms with Gasteiger partial charge in [-0.3, -0.25) is 14.1 Å². The second-order valence-electron chi connectivity index (χ2n) is 5.75. The minimum atomic E-state index is -3.70. The molecule has 2 aromatic heterocycles. The van der Waals surface area contributed by atoms with Crippen molar-refractivity contribution in [2.45, 2.75) is 25.3 Å². The van der Waals surface area contributed by atoms with E-state index in [0.29, 0.717) is 12.2 Å². The summed E-state index contributed by atoms with van der Waals surface area (Å²) in [7, 11) is -2.02. The summed E-state index contributed by atoms with van der Waals surface area (Å²) in [4.78, 5) is 0.151. The van der Waals surface area contributed by atoms with E-state index in [1.165, 1.54) is 16.4 Å². The first kappa shape index (κ1) is 16.3. The molecule has 0 aliphatic rings. The van der Waals surface area contributed by atoms with Gasteiger partial charge < -0.3 is 0 Å². The zero-order valence-electron chi connectivity index (χ0n) is 13.8. The number of aryl methyl sites for hydroxylation is 3. The highest BCUT2D eigenvalue weighted by atomic mass is 32.2. The Morgan fingerprint density at radius 3 is 2.62 bits per heavy atom. The molecule has 3 aromatic rings. The van der Waals surface area contributed by atoms with Crippen molar-refractivity contribution < 1.29 is 8.42 Å². The van der Waals surface area contributed by atoms with Crippen LogP contribution in [0.4, 0.5) is 5.82 Å². The fourth-order valence-corrected chi connectivity index (χ4v) is 3.75. The van der Waals surface area contributed by atoms with E-state index in [-0.39, 0.29) is 10.7 Å². The van der Waals surface area contributed by atoms with Gasteiger partial charge in [-0.25, -0.2) is 8.42 Å². The zero-order chi connectivity index (χ0) is 17.3. The molecule has 2 heterocycles. The minimum absolute atomic E-state index is 0.151.